The molecule has 0 aromatic carbocycles. The summed E-state index contributed by atoms with van der Waals surface area (Å²) in [4.78, 5) is 51.2. The first-order chi connectivity index (χ1) is 19.2. The number of ether oxygens (including phenoxy) is 2. The SMILES string of the molecule is COC(=O)CCOC(=O)N[C@@H](CNc1nc(C)nc(N2CCC(c3ccc4c(n3)NCCC4)CC2)c1C)C(=O)O. The smallest absolute Gasteiger partial charge is 0.407 e. The maximum Gasteiger partial charge on any atom is 0.407 e. The zero-order valence-electron chi connectivity index (χ0n) is 23.2. The highest BCUT2D eigenvalue weighted by molar-refractivity contribution is 5.80. The van der Waals surface area contributed by atoms with Gasteiger partial charge < -0.3 is 35.4 Å². The van der Waals surface area contributed by atoms with Crippen LogP contribution in [0.2, 0.25) is 0 Å². The number of carbonyl (C=O) groups excluding carboxylic acids is 2. The number of aliphatic carboxylic acids is 1. The van der Waals surface area contributed by atoms with Crippen molar-refractivity contribution in [1.29, 1.82) is 0 Å². The monoisotopic (exact) mass is 555 g/mol. The molecular weight excluding hydrogens is 518 g/mol. The van der Waals surface area contributed by atoms with Crippen LogP contribution in [0.4, 0.5) is 22.2 Å². The van der Waals surface area contributed by atoms with E-state index in [4.69, 9.17) is 9.72 Å². The summed E-state index contributed by atoms with van der Waals surface area (Å²) in [5.74, 6) is 1.47. The summed E-state index contributed by atoms with van der Waals surface area (Å²) in [5.41, 5.74) is 3.21. The highest BCUT2D eigenvalue weighted by Gasteiger charge is 2.26. The zero-order valence-corrected chi connectivity index (χ0v) is 23.2. The number of aromatic nitrogens is 3. The third-order valence-electron chi connectivity index (χ3n) is 7.19. The van der Waals surface area contributed by atoms with E-state index in [2.05, 4.69) is 47.7 Å². The fraction of sp³-hybridized carbons (Fsp3) is 0.556. The Balaban J connectivity index is 1.35. The van der Waals surface area contributed by atoms with E-state index >= 15 is 0 Å². The number of pyridine rings is 1. The van der Waals surface area contributed by atoms with Gasteiger partial charge in [-0.15, -0.1) is 0 Å². The van der Waals surface area contributed by atoms with Gasteiger partial charge in [-0.25, -0.2) is 24.5 Å². The molecule has 0 saturated carbocycles. The number of anilines is 3. The number of carbonyl (C=O) groups is 3. The van der Waals surface area contributed by atoms with Gasteiger partial charge in [-0.3, -0.25) is 4.79 Å². The van der Waals surface area contributed by atoms with Gasteiger partial charge in [0.05, 0.1) is 13.5 Å². The minimum absolute atomic E-state index is 0.125. The minimum atomic E-state index is -1.28. The molecule has 4 N–H and O–H groups in total. The van der Waals surface area contributed by atoms with Crippen molar-refractivity contribution >= 4 is 35.5 Å². The Morgan fingerprint density at radius 3 is 2.67 bits per heavy atom. The molecule has 13 heteroatoms. The molecule has 2 aliphatic heterocycles. The minimum Gasteiger partial charge on any atom is -0.480 e. The van der Waals surface area contributed by atoms with E-state index < -0.39 is 24.1 Å². The lowest BCUT2D eigenvalue weighted by Gasteiger charge is -2.34. The summed E-state index contributed by atoms with van der Waals surface area (Å²) >= 11 is 0. The van der Waals surface area contributed by atoms with Crippen molar-refractivity contribution in [2.45, 2.75) is 57.9 Å². The molecule has 2 aromatic rings. The molecule has 4 heterocycles. The van der Waals surface area contributed by atoms with Crippen LogP contribution in [0.3, 0.4) is 0 Å². The lowest BCUT2D eigenvalue weighted by molar-refractivity contribution is -0.142. The van der Waals surface area contributed by atoms with Crippen molar-refractivity contribution < 1.29 is 29.0 Å². The molecule has 4 rings (SSSR count). The lowest BCUT2D eigenvalue weighted by Crippen LogP contribution is -2.45. The molecule has 2 aliphatic rings. The number of piperidine rings is 1. The second kappa shape index (κ2) is 13.3. The molecule has 0 unspecified atom stereocenters. The zero-order chi connectivity index (χ0) is 28.6. The highest BCUT2D eigenvalue weighted by atomic mass is 16.6. The van der Waals surface area contributed by atoms with Crippen molar-refractivity contribution in [3.05, 3.63) is 34.8 Å². The van der Waals surface area contributed by atoms with E-state index in [-0.39, 0.29) is 19.6 Å². The van der Waals surface area contributed by atoms with Gasteiger partial charge in [0.15, 0.2) is 0 Å². The Hall–Kier alpha value is -4.16. The van der Waals surface area contributed by atoms with Crippen LogP contribution in [0, 0.1) is 13.8 Å². The number of carboxylic acids is 1. The van der Waals surface area contributed by atoms with Gasteiger partial charge >= 0.3 is 18.0 Å². The molecule has 0 spiro atoms. The van der Waals surface area contributed by atoms with Crippen LogP contribution in [0.15, 0.2) is 12.1 Å². The van der Waals surface area contributed by atoms with Crippen molar-refractivity contribution in [3.8, 4) is 0 Å². The number of aryl methyl sites for hydroxylation is 2. The number of methoxy groups -OCH3 is 1. The van der Waals surface area contributed by atoms with Gasteiger partial charge in [0.25, 0.3) is 0 Å². The number of amides is 1. The van der Waals surface area contributed by atoms with E-state index in [1.54, 1.807) is 6.92 Å². The number of carboxylic acid groups (broad SMARTS) is 1. The number of nitrogens with one attached hydrogen (secondary N) is 3. The van der Waals surface area contributed by atoms with Gasteiger partial charge in [-0.2, -0.15) is 0 Å². The molecule has 1 fully saturated rings. The lowest BCUT2D eigenvalue weighted by atomic mass is 9.92. The maximum absolute atomic E-state index is 12.0. The summed E-state index contributed by atoms with van der Waals surface area (Å²) in [6.45, 7) is 5.92. The van der Waals surface area contributed by atoms with E-state index in [0.29, 0.717) is 17.6 Å². The highest BCUT2D eigenvalue weighted by Crippen LogP contribution is 2.33. The topological polar surface area (TPSA) is 168 Å². The van der Waals surface area contributed by atoms with Crippen LogP contribution >= 0.6 is 0 Å². The first kappa shape index (κ1) is 28.8. The molecule has 216 valence electrons. The normalized spacial score (nSPS) is 15.8. The predicted octanol–water partition coefficient (Wildman–Crippen LogP) is 2.38. The van der Waals surface area contributed by atoms with Crippen LogP contribution in [-0.2, 0) is 25.5 Å². The number of esters is 1. The molecule has 1 amide bonds. The summed E-state index contributed by atoms with van der Waals surface area (Å²) < 4.78 is 9.36. The molecule has 0 aliphatic carbocycles. The maximum atomic E-state index is 12.0. The van der Waals surface area contributed by atoms with E-state index in [9.17, 15) is 19.5 Å². The largest absolute Gasteiger partial charge is 0.480 e. The van der Waals surface area contributed by atoms with Gasteiger partial charge in [0.2, 0.25) is 0 Å². The quantitative estimate of drug-likeness (QED) is 0.316. The Kier molecular flexibility index (Phi) is 9.56. The van der Waals surface area contributed by atoms with E-state index in [1.165, 1.54) is 12.7 Å². The number of hydrogen-bond donors (Lipinski definition) is 4. The molecule has 0 bridgehead atoms. The number of hydrogen-bond acceptors (Lipinski definition) is 11. The molecule has 1 atom stereocenters. The fourth-order valence-electron chi connectivity index (χ4n) is 4.96. The van der Waals surface area contributed by atoms with Crippen molar-refractivity contribution in [2.75, 3.05) is 55.4 Å². The first-order valence-electron chi connectivity index (χ1n) is 13.6. The molecular formula is C27H37N7O6. The van der Waals surface area contributed by atoms with Crippen molar-refractivity contribution in [2.24, 2.45) is 0 Å². The first-order valence-corrected chi connectivity index (χ1v) is 13.6. The predicted molar refractivity (Wildman–Crippen MR) is 148 cm³/mol. The molecule has 40 heavy (non-hydrogen) atoms. The summed E-state index contributed by atoms with van der Waals surface area (Å²) in [6, 6.07) is 3.09. The number of alkyl carbamates (subject to hydrolysis) is 1. The number of nitrogens with zero attached hydrogens (tertiary/aromatic N) is 4. The van der Waals surface area contributed by atoms with Crippen molar-refractivity contribution in [3.63, 3.8) is 0 Å². The summed E-state index contributed by atoms with van der Waals surface area (Å²) in [6.07, 6.45) is 3.03. The Labute approximate surface area is 233 Å². The van der Waals surface area contributed by atoms with Crippen LogP contribution in [0.25, 0.3) is 0 Å². The van der Waals surface area contributed by atoms with Gasteiger partial charge in [-0.1, -0.05) is 6.07 Å². The third kappa shape index (κ3) is 7.27. The Morgan fingerprint density at radius 2 is 1.95 bits per heavy atom. The second-order valence-corrected chi connectivity index (χ2v) is 9.98. The van der Waals surface area contributed by atoms with Crippen LogP contribution in [0.1, 0.15) is 54.2 Å². The van der Waals surface area contributed by atoms with Crippen LogP contribution in [-0.4, -0.2) is 84.0 Å². The van der Waals surface area contributed by atoms with Crippen LogP contribution < -0.4 is 20.9 Å². The van der Waals surface area contributed by atoms with Crippen LogP contribution in [0.5, 0.6) is 0 Å². The average Bonchev–Trinajstić information content (AvgIpc) is 2.96. The number of fused-ring (bicyclic) bond motifs is 1. The van der Waals surface area contributed by atoms with E-state index in [1.807, 2.05) is 6.92 Å². The van der Waals surface area contributed by atoms with Gasteiger partial charge in [-0.05, 0) is 51.2 Å². The number of rotatable bonds is 10. The molecule has 1 saturated heterocycles. The molecule has 13 nitrogen and oxygen atoms in total. The fourth-order valence-corrected chi connectivity index (χ4v) is 4.96. The average molecular weight is 556 g/mol. The summed E-state index contributed by atoms with van der Waals surface area (Å²) in [7, 11) is 1.23. The Morgan fingerprint density at radius 1 is 1.18 bits per heavy atom. The summed E-state index contributed by atoms with van der Waals surface area (Å²) in [5, 5.41) is 18.3. The Bertz CT molecular complexity index is 1230. The van der Waals surface area contributed by atoms with E-state index in [0.717, 1.165) is 68.2 Å². The second-order valence-electron chi connectivity index (χ2n) is 9.98. The van der Waals surface area contributed by atoms with Gasteiger partial charge in [0.1, 0.15) is 35.9 Å². The van der Waals surface area contributed by atoms with Gasteiger partial charge in [0, 0.05) is 43.4 Å². The standard InChI is InChI=1S/C27H37N7O6/c1-16-23(29-15-21(26(36)37)33-27(38)40-14-10-22(35)39-3)30-17(2)31-25(16)34-12-8-18(9-13-34)20-7-6-19-5-4-11-28-24(19)32-20/h6-7,18,21H,4-5,8-15H2,1-3H3,(H,28,32)(H,33,38)(H,36,37)(H,29,30,31)/t21-/m0/s1. The third-order valence-corrected chi connectivity index (χ3v) is 7.19. The molecule has 2 aromatic heterocycles. The molecule has 0 radical (unpaired) electrons. The van der Waals surface area contributed by atoms with Crippen molar-refractivity contribution in [1.82, 2.24) is 20.3 Å².